The number of nitrogens with zero attached hydrogens (tertiary/aromatic N) is 2. The highest BCUT2D eigenvalue weighted by molar-refractivity contribution is 7.89. The number of amides is 2. The highest BCUT2D eigenvalue weighted by Gasteiger charge is 2.33. The SMILES string of the molecule is CCCCNC(=O)C1CCC(C)N(CC(=O)N2CCc3cc(S(N)(=O)=O)ccc32)C1. The van der Waals surface area contributed by atoms with Gasteiger partial charge in [-0.1, -0.05) is 13.3 Å². The first-order chi connectivity index (χ1) is 14.2. The number of carbonyl (C=O) groups is 2. The molecule has 0 spiro atoms. The molecule has 9 heteroatoms. The largest absolute Gasteiger partial charge is 0.356 e. The lowest BCUT2D eigenvalue weighted by Crippen LogP contribution is -2.50. The van der Waals surface area contributed by atoms with Gasteiger partial charge in [0, 0.05) is 31.4 Å². The Labute approximate surface area is 178 Å². The van der Waals surface area contributed by atoms with Gasteiger partial charge in [0.15, 0.2) is 0 Å². The van der Waals surface area contributed by atoms with Crippen molar-refractivity contribution in [3.05, 3.63) is 23.8 Å². The maximum Gasteiger partial charge on any atom is 0.241 e. The summed E-state index contributed by atoms with van der Waals surface area (Å²) in [6, 6.07) is 4.89. The normalized spacial score (nSPS) is 22.0. The first kappa shape index (κ1) is 22.7. The van der Waals surface area contributed by atoms with Gasteiger partial charge < -0.3 is 10.2 Å². The number of rotatable bonds is 7. The van der Waals surface area contributed by atoms with Crippen molar-refractivity contribution in [3.8, 4) is 0 Å². The van der Waals surface area contributed by atoms with Crippen molar-refractivity contribution < 1.29 is 18.0 Å². The molecular weight excluding hydrogens is 404 g/mol. The molecule has 1 aromatic rings. The van der Waals surface area contributed by atoms with Crippen LogP contribution in [0.4, 0.5) is 5.69 Å². The highest BCUT2D eigenvalue weighted by atomic mass is 32.2. The van der Waals surface area contributed by atoms with Crippen molar-refractivity contribution in [2.75, 3.05) is 31.1 Å². The molecule has 1 saturated heterocycles. The van der Waals surface area contributed by atoms with E-state index in [0.717, 1.165) is 36.9 Å². The van der Waals surface area contributed by atoms with Crippen molar-refractivity contribution in [1.82, 2.24) is 10.2 Å². The number of likely N-dealkylation sites (tertiary alicyclic amines) is 1. The third kappa shape index (κ3) is 5.19. The van der Waals surface area contributed by atoms with E-state index in [2.05, 4.69) is 24.1 Å². The van der Waals surface area contributed by atoms with Crippen LogP contribution in [0.5, 0.6) is 0 Å². The Morgan fingerprint density at radius 2 is 2.03 bits per heavy atom. The average Bonchev–Trinajstić information content (AvgIpc) is 3.12. The fraction of sp³-hybridized carbons (Fsp3) is 0.619. The van der Waals surface area contributed by atoms with Crippen molar-refractivity contribution in [2.24, 2.45) is 11.1 Å². The average molecular weight is 437 g/mol. The molecule has 0 aliphatic carbocycles. The van der Waals surface area contributed by atoms with Gasteiger partial charge in [-0.2, -0.15) is 0 Å². The lowest BCUT2D eigenvalue weighted by atomic mass is 9.92. The minimum absolute atomic E-state index is 0.0315. The van der Waals surface area contributed by atoms with Crippen LogP contribution in [0.3, 0.4) is 0 Å². The molecular formula is C21H32N4O4S. The third-order valence-electron chi connectivity index (χ3n) is 6.13. The van der Waals surface area contributed by atoms with Crippen LogP contribution in [0.1, 0.15) is 45.1 Å². The zero-order valence-electron chi connectivity index (χ0n) is 17.8. The van der Waals surface area contributed by atoms with E-state index in [1.54, 1.807) is 17.0 Å². The molecule has 0 aromatic heterocycles. The maximum absolute atomic E-state index is 13.0. The summed E-state index contributed by atoms with van der Waals surface area (Å²) in [6.07, 6.45) is 4.33. The number of fused-ring (bicyclic) bond motifs is 1. The molecule has 2 aliphatic heterocycles. The van der Waals surface area contributed by atoms with Crippen LogP contribution in [0.25, 0.3) is 0 Å². The standard InChI is InChI=1S/C21H32N4O4S/c1-3-4-10-23-21(27)17-6-5-15(2)24(13-17)14-20(26)25-11-9-16-12-18(30(22,28)29)7-8-19(16)25/h7-8,12,15,17H,3-6,9-11,13-14H2,1-2H3,(H,23,27)(H2,22,28,29). The van der Waals surface area contributed by atoms with Gasteiger partial charge in [-0.15, -0.1) is 0 Å². The number of nitrogens with two attached hydrogens (primary N) is 1. The van der Waals surface area contributed by atoms with Crippen molar-refractivity contribution >= 4 is 27.5 Å². The van der Waals surface area contributed by atoms with Crippen LogP contribution in [0.15, 0.2) is 23.1 Å². The van der Waals surface area contributed by atoms with Gasteiger partial charge in [0.25, 0.3) is 0 Å². The van der Waals surface area contributed by atoms with Crippen LogP contribution in [0.2, 0.25) is 0 Å². The predicted octanol–water partition coefficient (Wildman–Crippen LogP) is 1.24. The first-order valence-corrected chi connectivity index (χ1v) is 12.2. The number of unbranched alkanes of at least 4 members (excludes halogenated alkanes) is 1. The summed E-state index contributed by atoms with van der Waals surface area (Å²) in [6.45, 7) is 6.23. The number of sulfonamides is 1. The van der Waals surface area contributed by atoms with Crippen LogP contribution in [0, 0.1) is 5.92 Å². The van der Waals surface area contributed by atoms with Crippen molar-refractivity contribution in [1.29, 1.82) is 0 Å². The summed E-state index contributed by atoms with van der Waals surface area (Å²) < 4.78 is 23.1. The van der Waals surface area contributed by atoms with E-state index in [4.69, 9.17) is 5.14 Å². The molecule has 3 N–H and O–H groups in total. The zero-order chi connectivity index (χ0) is 21.9. The van der Waals surface area contributed by atoms with E-state index in [0.29, 0.717) is 26.1 Å². The van der Waals surface area contributed by atoms with E-state index < -0.39 is 10.0 Å². The number of hydrogen-bond donors (Lipinski definition) is 2. The Hall–Kier alpha value is -1.97. The summed E-state index contributed by atoms with van der Waals surface area (Å²) in [5.41, 5.74) is 1.56. The smallest absolute Gasteiger partial charge is 0.241 e. The van der Waals surface area contributed by atoms with Crippen LogP contribution in [-0.4, -0.2) is 57.4 Å². The van der Waals surface area contributed by atoms with Gasteiger partial charge in [0.1, 0.15) is 0 Å². The number of piperidine rings is 1. The quantitative estimate of drug-likeness (QED) is 0.625. The number of benzene rings is 1. The van der Waals surface area contributed by atoms with Crippen molar-refractivity contribution in [3.63, 3.8) is 0 Å². The maximum atomic E-state index is 13.0. The Balaban J connectivity index is 1.64. The highest BCUT2D eigenvalue weighted by Crippen LogP contribution is 2.31. The minimum Gasteiger partial charge on any atom is -0.356 e. The molecule has 2 amide bonds. The Kier molecular flexibility index (Phi) is 7.15. The van der Waals surface area contributed by atoms with Gasteiger partial charge in [0.05, 0.1) is 17.4 Å². The molecule has 3 rings (SSSR count). The number of anilines is 1. The fourth-order valence-electron chi connectivity index (χ4n) is 4.22. The second-order valence-corrected chi connectivity index (χ2v) is 9.89. The Morgan fingerprint density at radius 1 is 1.27 bits per heavy atom. The number of primary sulfonamides is 1. The molecule has 8 nitrogen and oxygen atoms in total. The minimum atomic E-state index is -3.76. The Bertz CT molecular complexity index is 902. The first-order valence-electron chi connectivity index (χ1n) is 10.7. The lowest BCUT2D eigenvalue weighted by Gasteiger charge is -2.37. The summed E-state index contributed by atoms with van der Waals surface area (Å²) >= 11 is 0. The molecule has 1 fully saturated rings. The van der Waals surface area contributed by atoms with Gasteiger partial charge in [-0.3, -0.25) is 14.5 Å². The molecule has 0 bridgehead atoms. The summed E-state index contributed by atoms with van der Waals surface area (Å²) in [5.74, 6) is -0.0418. The van der Waals surface area contributed by atoms with Crippen LogP contribution >= 0.6 is 0 Å². The van der Waals surface area contributed by atoms with Gasteiger partial charge in [0.2, 0.25) is 21.8 Å². The van der Waals surface area contributed by atoms with Crippen LogP contribution in [-0.2, 0) is 26.0 Å². The number of hydrogen-bond acceptors (Lipinski definition) is 5. The monoisotopic (exact) mass is 436 g/mol. The molecule has 0 radical (unpaired) electrons. The molecule has 2 aliphatic rings. The van der Waals surface area contributed by atoms with Crippen molar-refractivity contribution in [2.45, 2.75) is 56.9 Å². The second-order valence-electron chi connectivity index (χ2n) is 8.33. The molecule has 2 unspecified atom stereocenters. The lowest BCUT2D eigenvalue weighted by molar-refractivity contribution is -0.129. The molecule has 2 heterocycles. The molecule has 1 aromatic carbocycles. The number of carbonyl (C=O) groups excluding carboxylic acids is 2. The Morgan fingerprint density at radius 3 is 2.73 bits per heavy atom. The van der Waals surface area contributed by atoms with E-state index >= 15 is 0 Å². The zero-order valence-corrected chi connectivity index (χ0v) is 18.6. The molecule has 2 atom stereocenters. The topological polar surface area (TPSA) is 113 Å². The predicted molar refractivity (Wildman–Crippen MR) is 116 cm³/mol. The van der Waals surface area contributed by atoms with Gasteiger partial charge in [-0.05, 0) is 56.4 Å². The fourth-order valence-corrected chi connectivity index (χ4v) is 4.78. The molecule has 166 valence electrons. The van der Waals surface area contributed by atoms with E-state index in [9.17, 15) is 18.0 Å². The van der Waals surface area contributed by atoms with Gasteiger partial charge in [-0.25, -0.2) is 13.6 Å². The third-order valence-corrected chi connectivity index (χ3v) is 7.04. The summed E-state index contributed by atoms with van der Waals surface area (Å²) in [4.78, 5) is 29.3. The van der Waals surface area contributed by atoms with E-state index in [-0.39, 0.29) is 35.2 Å². The molecule has 0 saturated carbocycles. The summed E-state index contributed by atoms with van der Waals surface area (Å²) in [7, 11) is -3.76. The molecule has 30 heavy (non-hydrogen) atoms. The van der Waals surface area contributed by atoms with Crippen LogP contribution < -0.4 is 15.4 Å². The van der Waals surface area contributed by atoms with Gasteiger partial charge >= 0.3 is 0 Å². The van der Waals surface area contributed by atoms with E-state index in [1.165, 1.54) is 6.07 Å². The number of nitrogens with one attached hydrogen (secondary N) is 1. The van der Waals surface area contributed by atoms with E-state index in [1.807, 2.05) is 0 Å². The summed E-state index contributed by atoms with van der Waals surface area (Å²) in [5, 5.41) is 8.22. The second kappa shape index (κ2) is 9.45.